The summed E-state index contributed by atoms with van der Waals surface area (Å²) < 4.78 is 25.7. The summed E-state index contributed by atoms with van der Waals surface area (Å²) in [6.45, 7) is 4.55. The van der Waals surface area contributed by atoms with E-state index in [4.69, 9.17) is 9.47 Å². The van der Waals surface area contributed by atoms with Crippen LogP contribution in [0.4, 0.5) is 4.39 Å². The summed E-state index contributed by atoms with van der Waals surface area (Å²) in [4.78, 5) is 0. The maximum atomic E-state index is 13.7. The minimum absolute atomic E-state index is 0.0368. The first-order valence-electron chi connectivity index (χ1n) is 7.95. The highest BCUT2D eigenvalue weighted by molar-refractivity contribution is 9.10. The van der Waals surface area contributed by atoms with Gasteiger partial charge in [-0.1, -0.05) is 18.2 Å². The Morgan fingerprint density at radius 1 is 1.24 bits per heavy atom. The molecule has 0 aliphatic rings. The smallest absolute Gasteiger partial charge is 0.175 e. The molecule has 0 spiro atoms. The number of methoxy groups -OCH3 is 1. The number of halogens is 2. The number of hydrogen-bond acceptors (Lipinski definition) is 4. The molecule has 0 saturated heterocycles. The van der Waals surface area contributed by atoms with Gasteiger partial charge in [-0.3, -0.25) is 0 Å². The first-order valence-corrected chi connectivity index (χ1v) is 8.74. The monoisotopic (exact) mass is 411 g/mol. The predicted octanol–water partition coefficient (Wildman–Crippen LogP) is 4.04. The summed E-state index contributed by atoms with van der Waals surface area (Å²) in [5.74, 6) is 0.782. The summed E-state index contributed by atoms with van der Waals surface area (Å²) in [6.07, 6.45) is 0. The number of hydrogen-bond donors (Lipinski definition) is 2. The molecule has 0 radical (unpaired) electrons. The Kier molecular flexibility index (Phi) is 6.81. The van der Waals surface area contributed by atoms with Gasteiger partial charge in [0.1, 0.15) is 12.4 Å². The molecule has 0 bridgehead atoms. The Labute approximate surface area is 156 Å². The Morgan fingerprint density at radius 3 is 2.60 bits per heavy atom. The number of rotatable bonds is 8. The van der Waals surface area contributed by atoms with E-state index in [0.29, 0.717) is 23.6 Å². The lowest BCUT2D eigenvalue weighted by molar-refractivity contribution is 0.187. The van der Waals surface area contributed by atoms with Gasteiger partial charge < -0.3 is 19.9 Å². The Morgan fingerprint density at radius 2 is 1.96 bits per heavy atom. The molecular formula is C19H23BrFNO3. The SMILES string of the molecule is COc1cc(CNC(C)(C)CO)cc(Br)c1OCc1ccccc1F. The fourth-order valence-corrected chi connectivity index (χ4v) is 2.78. The van der Waals surface area contributed by atoms with Crippen molar-refractivity contribution in [3.8, 4) is 11.5 Å². The van der Waals surface area contributed by atoms with Crippen LogP contribution in [0.3, 0.4) is 0 Å². The number of benzene rings is 2. The minimum Gasteiger partial charge on any atom is -0.493 e. The zero-order valence-corrected chi connectivity index (χ0v) is 16.2. The van der Waals surface area contributed by atoms with E-state index >= 15 is 0 Å². The molecule has 0 aromatic heterocycles. The van der Waals surface area contributed by atoms with Crippen molar-refractivity contribution in [3.63, 3.8) is 0 Å². The average Bonchev–Trinajstić information content (AvgIpc) is 2.60. The lowest BCUT2D eigenvalue weighted by Crippen LogP contribution is -2.42. The van der Waals surface area contributed by atoms with Gasteiger partial charge >= 0.3 is 0 Å². The van der Waals surface area contributed by atoms with E-state index in [1.165, 1.54) is 6.07 Å². The van der Waals surface area contributed by atoms with Crippen molar-refractivity contribution < 1.29 is 19.0 Å². The number of aliphatic hydroxyl groups is 1. The van der Waals surface area contributed by atoms with E-state index in [9.17, 15) is 9.50 Å². The second kappa shape index (κ2) is 8.65. The highest BCUT2D eigenvalue weighted by Gasteiger charge is 2.17. The largest absolute Gasteiger partial charge is 0.493 e. The maximum Gasteiger partial charge on any atom is 0.175 e. The van der Waals surface area contributed by atoms with Crippen molar-refractivity contribution in [2.75, 3.05) is 13.7 Å². The van der Waals surface area contributed by atoms with Gasteiger partial charge in [0, 0.05) is 17.6 Å². The van der Waals surface area contributed by atoms with Crippen LogP contribution in [-0.4, -0.2) is 24.4 Å². The third-order valence-corrected chi connectivity index (χ3v) is 4.37. The molecular weight excluding hydrogens is 389 g/mol. The second-order valence-electron chi connectivity index (χ2n) is 6.38. The third-order valence-electron chi connectivity index (χ3n) is 3.79. The summed E-state index contributed by atoms with van der Waals surface area (Å²) in [5.41, 5.74) is 1.08. The molecule has 136 valence electrons. The molecule has 0 heterocycles. The first kappa shape index (κ1) is 19.7. The molecule has 6 heteroatoms. The summed E-state index contributed by atoms with van der Waals surface area (Å²) in [5, 5.41) is 12.6. The summed E-state index contributed by atoms with van der Waals surface area (Å²) in [6, 6.07) is 10.3. The molecule has 0 aliphatic heterocycles. The second-order valence-corrected chi connectivity index (χ2v) is 7.24. The van der Waals surface area contributed by atoms with Crippen LogP contribution in [0.25, 0.3) is 0 Å². The van der Waals surface area contributed by atoms with E-state index < -0.39 is 0 Å². The standard InChI is InChI=1S/C19H23BrFNO3/c1-19(2,12-23)22-10-13-8-15(20)18(17(9-13)24-3)25-11-14-6-4-5-7-16(14)21/h4-9,22-23H,10-12H2,1-3H3. The van der Waals surface area contributed by atoms with Crippen molar-refractivity contribution in [2.45, 2.75) is 32.5 Å². The molecule has 0 amide bonds. The normalized spacial score (nSPS) is 11.4. The summed E-state index contributed by atoms with van der Waals surface area (Å²) >= 11 is 3.49. The van der Waals surface area contributed by atoms with Crippen molar-refractivity contribution in [1.82, 2.24) is 5.32 Å². The zero-order chi connectivity index (χ0) is 18.4. The lowest BCUT2D eigenvalue weighted by atomic mass is 10.1. The minimum atomic E-state index is -0.375. The Balaban J connectivity index is 2.15. The molecule has 0 aliphatic carbocycles. The molecule has 4 nitrogen and oxygen atoms in total. The van der Waals surface area contributed by atoms with Crippen LogP contribution in [0.5, 0.6) is 11.5 Å². The predicted molar refractivity (Wildman–Crippen MR) is 99.4 cm³/mol. The number of aliphatic hydroxyl groups excluding tert-OH is 1. The third kappa shape index (κ3) is 5.42. The fraction of sp³-hybridized carbons (Fsp3) is 0.368. The lowest BCUT2D eigenvalue weighted by Gasteiger charge is -2.24. The number of nitrogens with one attached hydrogen (secondary N) is 1. The molecule has 0 atom stereocenters. The van der Waals surface area contributed by atoms with E-state index in [-0.39, 0.29) is 24.6 Å². The molecule has 2 aromatic carbocycles. The maximum absolute atomic E-state index is 13.7. The number of ether oxygens (including phenoxy) is 2. The van der Waals surface area contributed by atoms with Crippen molar-refractivity contribution in [2.24, 2.45) is 0 Å². The van der Waals surface area contributed by atoms with Crippen LogP contribution in [0, 0.1) is 5.82 Å². The zero-order valence-electron chi connectivity index (χ0n) is 14.6. The van der Waals surface area contributed by atoms with Crippen LogP contribution in [0.2, 0.25) is 0 Å². The molecule has 0 fully saturated rings. The van der Waals surface area contributed by atoms with Crippen molar-refractivity contribution in [3.05, 3.63) is 57.8 Å². The van der Waals surface area contributed by atoms with Gasteiger partial charge in [-0.2, -0.15) is 0 Å². The van der Waals surface area contributed by atoms with Gasteiger partial charge in [0.15, 0.2) is 11.5 Å². The highest BCUT2D eigenvalue weighted by Crippen LogP contribution is 2.37. The molecule has 2 aromatic rings. The molecule has 0 unspecified atom stereocenters. The average molecular weight is 412 g/mol. The van der Waals surface area contributed by atoms with E-state index in [1.54, 1.807) is 25.3 Å². The molecule has 0 saturated carbocycles. The van der Waals surface area contributed by atoms with Crippen LogP contribution in [0.1, 0.15) is 25.0 Å². The first-order chi connectivity index (χ1) is 11.9. The van der Waals surface area contributed by atoms with Crippen LogP contribution < -0.4 is 14.8 Å². The van der Waals surface area contributed by atoms with E-state index in [0.717, 1.165) is 10.0 Å². The van der Waals surface area contributed by atoms with Gasteiger partial charge in [0.05, 0.1) is 18.2 Å². The molecule has 2 N–H and O–H groups in total. The quantitative estimate of drug-likeness (QED) is 0.688. The molecule has 25 heavy (non-hydrogen) atoms. The molecule has 2 rings (SSSR count). The van der Waals surface area contributed by atoms with Crippen LogP contribution in [0.15, 0.2) is 40.9 Å². The van der Waals surface area contributed by atoms with Crippen LogP contribution in [-0.2, 0) is 13.2 Å². The van der Waals surface area contributed by atoms with Gasteiger partial charge in [0.2, 0.25) is 0 Å². The summed E-state index contributed by atoms with van der Waals surface area (Å²) in [7, 11) is 1.56. The van der Waals surface area contributed by atoms with Gasteiger partial charge in [-0.15, -0.1) is 0 Å². The van der Waals surface area contributed by atoms with Crippen LogP contribution >= 0.6 is 15.9 Å². The highest BCUT2D eigenvalue weighted by atomic mass is 79.9. The van der Waals surface area contributed by atoms with Gasteiger partial charge in [-0.05, 0) is 53.5 Å². The van der Waals surface area contributed by atoms with Crippen molar-refractivity contribution in [1.29, 1.82) is 0 Å². The van der Waals surface area contributed by atoms with Crippen molar-refractivity contribution >= 4 is 15.9 Å². The van der Waals surface area contributed by atoms with E-state index in [2.05, 4.69) is 21.2 Å². The fourth-order valence-electron chi connectivity index (χ4n) is 2.18. The van der Waals surface area contributed by atoms with E-state index in [1.807, 2.05) is 26.0 Å². The Bertz CT molecular complexity index is 722. The topological polar surface area (TPSA) is 50.7 Å². The van der Waals surface area contributed by atoms with Gasteiger partial charge in [0.25, 0.3) is 0 Å². The van der Waals surface area contributed by atoms with Gasteiger partial charge in [-0.25, -0.2) is 4.39 Å². The Hall–Kier alpha value is -1.63.